The van der Waals surface area contributed by atoms with Gasteiger partial charge < -0.3 is 4.90 Å². The van der Waals surface area contributed by atoms with Crippen LogP contribution in [0.4, 0.5) is 10.2 Å². The molecule has 4 rings (SSSR count). The largest absolute Gasteiger partial charge is 0.303 e. The summed E-state index contributed by atoms with van der Waals surface area (Å²) in [5, 5.41) is 8.21. The van der Waals surface area contributed by atoms with E-state index in [2.05, 4.69) is 39.5 Å². The van der Waals surface area contributed by atoms with Crippen molar-refractivity contribution in [2.75, 3.05) is 24.5 Å². The van der Waals surface area contributed by atoms with Gasteiger partial charge >= 0.3 is 0 Å². The number of aromatic nitrogens is 3. The maximum atomic E-state index is 13.4. The van der Waals surface area contributed by atoms with Crippen LogP contribution in [0.3, 0.4) is 0 Å². The van der Waals surface area contributed by atoms with Gasteiger partial charge in [0.05, 0.1) is 11.9 Å². The Morgan fingerprint density at radius 2 is 1.81 bits per heavy atom. The summed E-state index contributed by atoms with van der Waals surface area (Å²) in [6.45, 7) is 4.79. The number of hydrogen-bond donors (Lipinski definition) is 0. The van der Waals surface area contributed by atoms with Crippen molar-refractivity contribution < 1.29 is 9.18 Å². The molecule has 1 aliphatic rings. The van der Waals surface area contributed by atoms with Gasteiger partial charge in [-0.25, -0.2) is 4.39 Å². The standard InChI is InChI=1S/C24H28FN5O/c1-2-24(31)29(23-18-26-27-30(23)22-10-8-20(25)9-11-22)21-13-16-28(17-14-21)15-12-19-6-4-3-5-7-19/h3-11,18,21H,2,12-17H2,1H3. The molecule has 2 heterocycles. The fourth-order valence-corrected chi connectivity index (χ4v) is 4.18. The lowest BCUT2D eigenvalue weighted by Crippen LogP contribution is -2.48. The molecule has 1 fully saturated rings. The average molecular weight is 422 g/mol. The lowest BCUT2D eigenvalue weighted by molar-refractivity contribution is -0.119. The van der Waals surface area contributed by atoms with Crippen LogP contribution < -0.4 is 4.90 Å². The van der Waals surface area contributed by atoms with Gasteiger partial charge in [0, 0.05) is 32.1 Å². The highest BCUT2D eigenvalue weighted by Gasteiger charge is 2.31. The minimum absolute atomic E-state index is 0.0494. The molecule has 0 atom stereocenters. The van der Waals surface area contributed by atoms with E-state index in [1.54, 1.807) is 23.0 Å². The number of benzene rings is 2. The van der Waals surface area contributed by atoms with E-state index in [0.717, 1.165) is 38.9 Å². The van der Waals surface area contributed by atoms with E-state index in [0.29, 0.717) is 17.9 Å². The summed E-state index contributed by atoms with van der Waals surface area (Å²) in [5.74, 6) is 0.379. The van der Waals surface area contributed by atoms with Crippen molar-refractivity contribution >= 4 is 11.7 Å². The molecule has 1 aromatic heterocycles. The second kappa shape index (κ2) is 9.83. The predicted molar refractivity (Wildman–Crippen MR) is 119 cm³/mol. The quantitative estimate of drug-likeness (QED) is 0.581. The van der Waals surface area contributed by atoms with Crippen LogP contribution in [0.15, 0.2) is 60.8 Å². The maximum Gasteiger partial charge on any atom is 0.228 e. The number of rotatable bonds is 7. The highest BCUT2D eigenvalue weighted by molar-refractivity contribution is 5.93. The van der Waals surface area contributed by atoms with Crippen LogP contribution >= 0.6 is 0 Å². The topological polar surface area (TPSA) is 54.3 Å². The molecule has 0 saturated carbocycles. The number of likely N-dealkylation sites (tertiary alicyclic amines) is 1. The van der Waals surface area contributed by atoms with Gasteiger partial charge in [-0.15, -0.1) is 5.10 Å². The summed E-state index contributed by atoms with van der Waals surface area (Å²) in [6.07, 6.45) is 4.86. The number of nitrogens with zero attached hydrogens (tertiary/aromatic N) is 5. The van der Waals surface area contributed by atoms with Crippen molar-refractivity contribution in [1.82, 2.24) is 19.9 Å². The third kappa shape index (κ3) is 4.99. The molecular formula is C24H28FN5O. The van der Waals surface area contributed by atoms with E-state index in [4.69, 9.17) is 0 Å². The summed E-state index contributed by atoms with van der Waals surface area (Å²) in [4.78, 5) is 17.2. The number of carbonyl (C=O) groups is 1. The van der Waals surface area contributed by atoms with Crippen molar-refractivity contribution in [3.8, 4) is 5.69 Å². The second-order valence-corrected chi connectivity index (χ2v) is 7.91. The van der Waals surface area contributed by atoms with Crippen molar-refractivity contribution in [3.05, 3.63) is 72.2 Å². The Labute approximate surface area is 182 Å². The number of anilines is 1. The van der Waals surface area contributed by atoms with Crippen LogP contribution in [-0.4, -0.2) is 51.5 Å². The molecule has 0 radical (unpaired) electrons. The minimum atomic E-state index is -0.310. The number of halogens is 1. The van der Waals surface area contributed by atoms with Gasteiger partial charge in [0.15, 0.2) is 5.82 Å². The van der Waals surface area contributed by atoms with Crippen LogP contribution in [0, 0.1) is 5.82 Å². The molecule has 0 unspecified atom stereocenters. The molecule has 2 aromatic carbocycles. The van der Waals surface area contributed by atoms with E-state index in [9.17, 15) is 9.18 Å². The SMILES string of the molecule is CCC(=O)N(c1cnnn1-c1ccc(F)cc1)C1CCN(CCc2ccccc2)CC1. The molecule has 0 spiro atoms. The van der Waals surface area contributed by atoms with E-state index < -0.39 is 0 Å². The maximum absolute atomic E-state index is 13.4. The lowest BCUT2D eigenvalue weighted by atomic mass is 10.0. The van der Waals surface area contributed by atoms with Gasteiger partial charge in [-0.1, -0.05) is 42.5 Å². The van der Waals surface area contributed by atoms with Crippen LogP contribution in [-0.2, 0) is 11.2 Å². The van der Waals surface area contributed by atoms with E-state index >= 15 is 0 Å². The Kier molecular flexibility index (Phi) is 6.72. The highest BCUT2D eigenvalue weighted by atomic mass is 19.1. The van der Waals surface area contributed by atoms with E-state index in [1.165, 1.54) is 17.7 Å². The Hall–Kier alpha value is -3.06. The molecule has 1 saturated heterocycles. The highest BCUT2D eigenvalue weighted by Crippen LogP contribution is 2.26. The number of amides is 1. The van der Waals surface area contributed by atoms with Crippen LogP contribution in [0.25, 0.3) is 5.69 Å². The van der Waals surface area contributed by atoms with Crippen molar-refractivity contribution in [3.63, 3.8) is 0 Å². The Morgan fingerprint density at radius 3 is 2.48 bits per heavy atom. The van der Waals surface area contributed by atoms with Crippen LogP contribution in [0.2, 0.25) is 0 Å². The van der Waals surface area contributed by atoms with Gasteiger partial charge in [-0.05, 0) is 49.1 Å². The smallest absolute Gasteiger partial charge is 0.228 e. The molecule has 162 valence electrons. The third-order valence-electron chi connectivity index (χ3n) is 5.90. The summed E-state index contributed by atoms with van der Waals surface area (Å²) in [7, 11) is 0. The number of piperidine rings is 1. The number of carbonyl (C=O) groups excluding carboxylic acids is 1. The van der Waals surface area contributed by atoms with Crippen molar-refractivity contribution in [1.29, 1.82) is 0 Å². The zero-order valence-corrected chi connectivity index (χ0v) is 17.8. The molecule has 1 amide bonds. The first-order valence-electron chi connectivity index (χ1n) is 10.9. The van der Waals surface area contributed by atoms with Gasteiger partial charge in [0.1, 0.15) is 5.82 Å². The van der Waals surface area contributed by atoms with Gasteiger partial charge in [0.25, 0.3) is 0 Å². The molecule has 7 heteroatoms. The molecule has 6 nitrogen and oxygen atoms in total. The van der Waals surface area contributed by atoms with Crippen LogP contribution in [0.5, 0.6) is 0 Å². The van der Waals surface area contributed by atoms with E-state index in [-0.39, 0.29) is 17.8 Å². The molecule has 0 bridgehead atoms. The van der Waals surface area contributed by atoms with E-state index in [1.807, 2.05) is 17.9 Å². The molecule has 0 N–H and O–H groups in total. The Balaban J connectivity index is 1.46. The van der Waals surface area contributed by atoms with Gasteiger partial charge in [-0.3, -0.25) is 9.69 Å². The normalized spacial score (nSPS) is 15.2. The predicted octanol–water partition coefficient (Wildman–Crippen LogP) is 3.86. The summed E-state index contributed by atoms with van der Waals surface area (Å²) >= 11 is 0. The van der Waals surface area contributed by atoms with Crippen molar-refractivity contribution in [2.24, 2.45) is 0 Å². The lowest BCUT2D eigenvalue weighted by Gasteiger charge is -2.38. The van der Waals surface area contributed by atoms with Gasteiger partial charge in [-0.2, -0.15) is 4.68 Å². The molecule has 0 aliphatic carbocycles. The third-order valence-corrected chi connectivity index (χ3v) is 5.90. The first kappa shape index (κ1) is 21.2. The Morgan fingerprint density at radius 1 is 1.10 bits per heavy atom. The zero-order chi connectivity index (χ0) is 21.6. The summed E-state index contributed by atoms with van der Waals surface area (Å²) < 4.78 is 15.0. The second-order valence-electron chi connectivity index (χ2n) is 7.91. The number of hydrogen-bond acceptors (Lipinski definition) is 4. The van der Waals surface area contributed by atoms with Gasteiger partial charge in [0.2, 0.25) is 5.91 Å². The molecule has 1 aliphatic heterocycles. The van der Waals surface area contributed by atoms with Crippen LogP contribution in [0.1, 0.15) is 31.7 Å². The zero-order valence-electron chi connectivity index (χ0n) is 17.8. The average Bonchev–Trinajstić information content (AvgIpc) is 3.29. The first-order chi connectivity index (χ1) is 15.2. The minimum Gasteiger partial charge on any atom is -0.303 e. The molecule has 3 aromatic rings. The fraction of sp³-hybridized carbons (Fsp3) is 0.375. The monoisotopic (exact) mass is 421 g/mol. The van der Waals surface area contributed by atoms with Crippen molar-refractivity contribution in [2.45, 2.75) is 38.6 Å². The first-order valence-corrected chi connectivity index (χ1v) is 10.9. The molecular weight excluding hydrogens is 393 g/mol. The molecule has 31 heavy (non-hydrogen) atoms. The Bertz CT molecular complexity index is 981. The summed E-state index contributed by atoms with van der Waals surface area (Å²) in [5.41, 5.74) is 2.03. The summed E-state index contributed by atoms with van der Waals surface area (Å²) in [6, 6.07) is 16.7. The fourth-order valence-electron chi connectivity index (χ4n) is 4.18.